The van der Waals surface area contributed by atoms with Gasteiger partial charge in [-0.3, -0.25) is 4.79 Å². The Morgan fingerprint density at radius 3 is 2.53 bits per heavy atom. The van der Waals surface area contributed by atoms with Crippen LogP contribution in [0.5, 0.6) is 0 Å². The molecule has 2 N–H and O–H groups in total. The molecule has 2 unspecified atom stereocenters. The summed E-state index contributed by atoms with van der Waals surface area (Å²) >= 11 is 0. The fourth-order valence-electron chi connectivity index (χ4n) is 1.43. The van der Waals surface area contributed by atoms with E-state index in [1.807, 2.05) is 0 Å². The van der Waals surface area contributed by atoms with Crippen molar-refractivity contribution in [3.63, 3.8) is 0 Å². The third-order valence-electron chi connectivity index (χ3n) is 2.38. The van der Waals surface area contributed by atoms with Gasteiger partial charge in [-0.25, -0.2) is 17.2 Å². The number of carbonyl (C=O) groups excluding carboxylic acids is 1. The van der Waals surface area contributed by atoms with Gasteiger partial charge >= 0.3 is 0 Å². The van der Waals surface area contributed by atoms with Crippen LogP contribution in [0.4, 0.5) is 8.78 Å². The average Bonchev–Trinajstić information content (AvgIpc) is 2.96. The van der Waals surface area contributed by atoms with Crippen LogP contribution in [-0.4, -0.2) is 31.2 Å². The quantitative estimate of drug-likeness (QED) is 0.767. The number of amides is 1. The van der Waals surface area contributed by atoms with Crippen LogP contribution in [0.2, 0.25) is 0 Å². The summed E-state index contributed by atoms with van der Waals surface area (Å²) in [6.07, 6.45) is 0. The summed E-state index contributed by atoms with van der Waals surface area (Å²) in [4.78, 5) is 10.1. The van der Waals surface area contributed by atoms with Gasteiger partial charge in [0.15, 0.2) is 0 Å². The van der Waals surface area contributed by atoms with Crippen LogP contribution in [0.25, 0.3) is 0 Å². The van der Waals surface area contributed by atoms with Gasteiger partial charge in [0.1, 0.15) is 22.6 Å². The Balaban J connectivity index is 2.37. The zero-order chi connectivity index (χ0) is 12.8. The molecule has 2 rings (SSSR count). The minimum Gasteiger partial charge on any atom is -0.368 e. The highest BCUT2D eigenvalue weighted by molar-refractivity contribution is 7.89. The lowest BCUT2D eigenvalue weighted by atomic mass is 10.3. The van der Waals surface area contributed by atoms with Crippen molar-refractivity contribution < 1.29 is 22.0 Å². The van der Waals surface area contributed by atoms with Crippen molar-refractivity contribution in [3.05, 3.63) is 29.8 Å². The van der Waals surface area contributed by atoms with Gasteiger partial charge in [0.2, 0.25) is 15.9 Å². The maximum Gasteiger partial charge on any atom is 0.246 e. The predicted octanol–water partition coefficient (Wildman–Crippen LogP) is -0.177. The molecule has 1 aromatic carbocycles. The van der Waals surface area contributed by atoms with Gasteiger partial charge in [0.05, 0.1) is 0 Å². The summed E-state index contributed by atoms with van der Waals surface area (Å²) < 4.78 is 50.3. The van der Waals surface area contributed by atoms with E-state index in [2.05, 4.69) is 0 Å². The molecule has 17 heavy (non-hydrogen) atoms. The molecule has 8 heteroatoms. The summed E-state index contributed by atoms with van der Waals surface area (Å²) in [7, 11) is -4.12. The number of nitrogens with two attached hydrogens (primary N) is 1. The topological polar surface area (TPSA) is 80.2 Å². The number of rotatable bonds is 3. The van der Waals surface area contributed by atoms with Gasteiger partial charge in [-0.2, -0.15) is 4.31 Å². The highest BCUT2D eigenvalue weighted by atomic mass is 32.2. The summed E-state index contributed by atoms with van der Waals surface area (Å²) in [5.41, 5.74) is 4.93. The molecule has 5 nitrogen and oxygen atoms in total. The molecule has 2 atom stereocenters. The van der Waals surface area contributed by atoms with E-state index in [0.717, 1.165) is 16.4 Å². The van der Waals surface area contributed by atoms with Gasteiger partial charge < -0.3 is 5.73 Å². The largest absolute Gasteiger partial charge is 0.368 e. The second-order valence-corrected chi connectivity index (χ2v) is 5.43. The summed E-state index contributed by atoms with van der Waals surface area (Å²) in [5, 5.41) is 0. The first-order valence-corrected chi connectivity index (χ1v) is 6.04. The summed E-state index contributed by atoms with van der Waals surface area (Å²) in [5.74, 6) is -2.87. The fourth-order valence-corrected chi connectivity index (χ4v) is 3.01. The zero-order valence-electron chi connectivity index (χ0n) is 8.43. The molecule has 1 aromatic rings. The molecule has 1 saturated heterocycles. The Kier molecular flexibility index (Phi) is 2.63. The number of primary amides is 1. The van der Waals surface area contributed by atoms with Crippen molar-refractivity contribution in [1.29, 1.82) is 0 Å². The van der Waals surface area contributed by atoms with Crippen molar-refractivity contribution in [2.45, 2.75) is 10.9 Å². The van der Waals surface area contributed by atoms with E-state index in [1.165, 1.54) is 0 Å². The lowest BCUT2D eigenvalue weighted by Crippen LogP contribution is -2.25. The predicted molar refractivity (Wildman–Crippen MR) is 53.2 cm³/mol. The number of halogens is 2. The van der Waals surface area contributed by atoms with Crippen molar-refractivity contribution >= 4 is 15.9 Å². The zero-order valence-corrected chi connectivity index (χ0v) is 9.25. The Morgan fingerprint density at radius 1 is 1.41 bits per heavy atom. The first-order valence-electron chi connectivity index (χ1n) is 4.60. The van der Waals surface area contributed by atoms with Crippen molar-refractivity contribution in [2.75, 3.05) is 6.54 Å². The second-order valence-electron chi connectivity index (χ2n) is 3.57. The molecule has 0 aromatic heterocycles. The van der Waals surface area contributed by atoms with Gasteiger partial charge in [-0.15, -0.1) is 0 Å². The molecular weight excluding hydrogens is 254 g/mol. The molecule has 0 bridgehead atoms. The molecule has 1 aliphatic heterocycles. The normalized spacial score (nSPS) is 23.4. The van der Waals surface area contributed by atoms with Gasteiger partial charge in [0.25, 0.3) is 0 Å². The number of benzene rings is 1. The molecular formula is C9H8F2N2O3S. The highest BCUT2D eigenvalue weighted by Crippen LogP contribution is 2.29. The molecule has 0 spiro atoms. The third kappa shape index (κ3) is 2.01. The van der Waals surface area contributed by atoms with E-state index in [1.54, 1.807) is 0 Å². The van der Waals surface area contributed by atoms with Crippen LogP contribution >= 0.6 is 0 Å². The van der Waals surface area contributed by atoms with Crippen LogP contribution < -0.4 is 5.73 Å². The van der Waals surface area contributed by atoms with Crippen molar-refractivity contribution in [2.24, 2.45) is 5.73 Å². The van der Waals surface area contributed by atoms with Gasteiger partial charge in [0, 0.05) is 12.6 Å². The van der Waals surface area contributed by atoms with E-state index in [4.69, 9.17) is 5.73 Å². The van der Waals surface area contributed by atoms with E-state index < -0.39 is 38.5 Å². The number of nitrogens with zero attached hydrogens (tertiary/aromatic N) is 1. The monoisotopic (exact) mass is 262 g/mol. The first kappa shape index (κ1) is 11.9. The minimum atomic E-state index is -4.12. The smallest absolute Gasteiger partial charge is 0.246 e. The fraction of sp³-hybridized carbons (Fsp3) is 0.222. The summed E-state index contributed by atoms with van der Waals surface area (Å²) in [6, 6.07) is 1.18. The lowest BCUT2D eigenvalue weighted by molar-refractivity contribution is -0.117. The SMILES string of the molecule is NC(=O)C1CN1S(=O)(=O)c1ccc(F)cc1F. The Morgan fingerprint density at radius 2 is 2.06 bits per heavy atom. The van der Waals surface area contributed by atoms with E-state index in [9.17, 15) is 22.0 Å². The lowest BCUT2D eigenvalue weighted by Gasteiger charge is -2.06. The van der Waals surface area contributed by atoms with E-state index in [-0.39, 0.29) is 6.54 Å². The number of hydrogen-bond donors (Lipinski definition) is 1. The number of carbonyl (C=O) groups is 1. The second kappa shape index (κ2) is 3.74. The maximum absolute atomic E-state index is 13.3. The molecule has 0 aliphatic carbocycles. The molecule has 92 valence electrons. The van der Waals surface area contributed by atoms with Crippen LogP contribution in [0, 0.1) is 11.6 Å². The van der Waals surface area contributed by atoms with Crippen LogP contribution in [-0.2, 0) is 14.8 Å². The Hall–Kier alpha value is -1.54. The first-order chi connectivity index (χ1) is 7.84. The van der Waals surface area contributed by atoms with Gasteiger partial charge in [-0.1, -0.05) is 0 Å². The number of hydrogen-bond acceptors (Lipinski definition) is 3. The Labute approximate surface area is 95.9 Å². The van der Waals surface area contributed by atoms with Gasteiger partial charge in [-0.05, 0) is 12.1 Å². The van der Waals surface area contributed by atoms with Crippen molar-refractivity contribution in [3.8, 4) is 0 Å². The molecule has 1 aliphatic rings. The molecule has 0 saturated carbocycles. The van der Waals surface area contributed by atoms with Crippen LogP contribution in [0.1, 0.15) is 0 Å². The molecule has 1 fully saturated rings. The molecule has 1 heterocycles. The highest BCUT2D eigenvalue weighted by Gasteiger charge is 2.49. The Bertz CT molecular complexity index is 588. The number of sulfonamides is 1. The van der Waals surface area contributed by atoms with E-state index >= 15 is 0 Å². The molecule has 0 radical (unpaired) electrons. The standard InChI is InChI=1S/C9H8F2N2O3S/c10-5-1-2-8(6(11)3-5)17(15,16)13-4-7(13)9(12)14/h1-3,7H,4H2,(H2,12,14). The maximum atomic E-state index is 13.3. The molecule has 1 amide bonds. The average molecular weight is 262 g/mol. The van der Waals surface area contributed by atoms with Crippen molar-refractivity contribution in [1.82, 2.24) is 4.31 Å². The van der Waals surface area contributed by atoms with Crippen LogP contribution in [0.15, 0.2) is 23.1 Å². The minimum absolute atomic E-state index is 0.0749. The third-order valence-corrected chi connectivity index (χ3v) is 4.28. The summed E-state index contributed by atoms with van der Waals surface area (Å²) in [6.45, 7) is -0.0749. The van der Waals surface area contributed by atoms with Crippen LogP contribution in [0.3, 0.4) is 0 Å². The van der Waals surface area contributed by atoms with E-state index in [0.29, 0.717) is 6.07 Å².